The first-order valence-corrected chi connectivity index (χ1v) is 9.13. The van der Waals surface area contributed by atoms with E-state index < -0.39 is 17.7 Å². The highest BCUT2D eigenvalue weighted by atomic mass is 16.5. The Bertz CT molecular complexity index is 942. The van der Waals surface area contributed by atoms with Gasteiger partial charge < -0.3 is 19.5 Å². The van der Waals surface area contributed by atoms with E-state index in [1.54, 1.807) is 55.5 Å². The van der Waals surface area contributed by atoms with Crippen LogP contribution < -0.4 is 9.47 Å². The lowest BCUT2D eigenvalue weighted by molar-refractivity contribution is -0.140. The van der Waals surface area contributed by atoms with Gasteiger partial charge in [-0.05, 0) is 54.8 Å². The van der Waals surface area contributed by atoms with Crippen molar-refractivity contribution in [3.05, 3.63) is 65.2 Å². The maximum absolute atomic E-state index is 12.8. The van der Waals surface area contributed by atoms with Crippen LogP contribution in [0.2, 0.25) is 0 Å². The van der Waals surface area contributed by atoms with Gasteiger partial charge in [0.25, 0.3) is 11.7 Å². The molecular weight excluding hydrogens is 358 g/mol. The van der Waals surface area contributed by atoms with E-state index in [1.165, 1.54) is 0 Å². The lowest BCUT2D eigenvalue weighted by atomic mass is 9.95. The Kier molecular flexibility index (Phi) is 4.55. The van der Waals surface area contributed by atoms with Crippen molar-refractivity contribution in [1.82, 2.24) is 4.90 Å². The fraction of sp³-hybridized carbons (Fsp3) is 0.273. The van der Waals surface area contributed by atoms with Crippen LogP contribution in [0.5, 0.6) is 11.5 Å². The summed E-state index contributed by atoms with van der Waals surface area (Å²) in [4.78, 5) is 27.2. The Morgan fingerprint density at radius 1 is 0.929 bits per heavy atom. The lowest BCUT2D eigenvalue weighted by Gasteiger charge is -2.25. The maximum atomic E-state index is 12.8. The largest absolute Gasteiger partial charge is 0.507 e. The third kappa shape index (κ3) is 3.01. The number of nitrogens with zero attached hydrogens (tertiary/aromatic N) is 1. The Labute approximate surface area is 163 Å². The van der Waals surface area contributed by atoms with Gasteiger partial charge in [0, 0.05) is 11.6 Å². The molecule has 0 radical (unpaired) electrons. The first-order valence-electron chi connectivity index (χ1n) is 9.13. The topological polar surface area (TPSA) is 76.1 Å². The second-order valence-electron chi connectivity index (χ2n) is 6.94. The van der Waals surface area contributed by atoms with Crippen LogP contribution in [0.4, 0.5) is 0 Å². The van der Waals surface area contributed by atoms with Gasteiger partial charge >= 0.3 is 0 Å². The summed E-state index contributed by atoms with van der Waals surface area (Å²) in [5.41, 5.74) is 1.35. The van der Waals surface area contributed by atoms with Gasteiger partial charge in [-0.15, -0.1) is 0 Å². The molecule has 0 aromatic heterocycles. The molecule has 144 valence electrons. The molecule has 1 saturated heterocycles. The number of aliphatic hydroxyl groups excluding tert-OH is 1. The lowest BCUT2D eigenvalue weighted by Crippen LogP contribution is -2.31. The molecule has 1 heterocycles. The second-order valence-corrected chi connectivity index (χ2v) is 6.94. The highest BCUT2D eigenvalue weighted by molar-refractivity contribution is 6.46. The fourth-order valence-electron chi connectivity index (χ4n) is 3.60. The zero-order valence-electron chi connectivity index (χ0n) is 15.7. The van der Waals surface area contributed by atoms with Crippen molar-refractivity contribution < 1.29 is 24.2 Å². The molecular formula is C22H21NO5. The van der Waals surface area contributed by atoms with E-state index >= 15 is 0 Å². The Hall–Kier alpha value is -3.28. The number of carbonyl (C=O) groups is 2. The molecule has 0 bridgehead atoms. The van der Waals surface area contributed by atoms with Crippen LogP contribution in [0.3, 0.4) is 0 Å². The van der Waals surface area contributed by atoms with Gasteiger partial charge in [-0.3, -0.25) is 9.59 Å². The van der Waals surface area contributed by atoms with Gasteiger partial charge in [-0.1, -0.05) is 12.1 Å². The molecule has 2 aromatic carbocycles. The monoisotopic (exact) mass is 379 g/mol. The fourth-order valence-corrected chi connectivity index (χ4v) is 3.60. The number of amides is 1. The summed E-state index contributed by atoms with van der Waals surface area (Å²) in [6, 6.07) is 13.4. The van der Waals surface area contributed by atoms with E-state index in [2.05, 4.69) is 0 Å². The molecule has 1 saturated carbocycles. The number of Topliss-reactive ketones (excluding diaryl/α,β-unsaturated/α-hetero) is 1. The molecule has 4 rings (SSSR count). The van der Waals surface area contributed by atoms with Crippen LogP contribution >= 0.6 is 0 Å². The van der Waals surface area contributed by atoms with Crippen LogP contribution in [-0.2, 0) is 9.59 Å². The number of benzene rings is 2. The molecule has 2 aromatic rings. The van der Waals surface area contributed by atoms with Crippen molar-refractivity contribution in [3.8, 4) is 11.5 Å². The molecule has 6 nitrogen and oxygen atoms in total. The number of methoxy groups -OCH3 is 2. The summed E-state index contributed by atoms with van der Waals surface area (Å²) < 4.78 is 10.3. The molecule has 2 aliphatic rings. The van der Waals surface area contributed by atoms with Crippen molar-refractivity contribution in [1.29, 1.82) is 0 Å². The minimum absolute atomic E-state index is 0.0321. The van der Waals surface area contributed by atoms with Crippen molar-refractivity contribution in [3.63, 3.8) is 0 Å². The van der Waals surface area contributed by atoms with Gasteiger partial charge in [-0.2, -0.15) is 0 Å². The Morgan fingerprint density at radius 3 is 1.96 bits per heavy atom. The standard InChI is InChI=1S/C22H21NO5/c1-27-16-9-3-13(4-10-16)19-18(21(25)22(26)23(19)15-7-8-15)20(24)14-5-11-17(28-2)12-6-14/h3-6,9-12,15,19,24H,7-8H2,1-2H3/t19-/m1/s1. The number of hydrogen-bond acceptors (Lipinski definition) is 5. The van der Waals surface area contributed by atoms with E-state index in [0.717, 1.165) is 18.4 Å². The van der Waals surface area contributed by atoms with Crippen LogP contribution in [-0.4, -0.2) is 42.0 Å². The molecule has 1 aliphatic heterocycles. The minimum Gasteiger partial charge on any atom is -0.507 e. The normalized spacial score (nSPS) is 21.1. The highest BCUT2D eigenvalue weighted by Gasteiger charge is 2.51. The molecule has 28 heavy (non-hydrogen) atoms. The Balaban J connectivity index is 1.83. The number of aliphatic hydroxyl groups is 1. The molecule has 2 fully saturated rings. The summed E-state index contributed by atoms with van der Waals surface area (Å²) in [6.45, 7) is 0. The van der Waals surface area contributed by atoms with E-state index in [4.69, 9.17) is 9.47 Å². The van der Waals surface area contributed by atoms with Gasteiger partial charge in [0.15, 0.2) is 0 Å². The molecule has 0 spiro atoms. The van der Waals surface area contributed by atoms with Gasteiger partial charge in [0.2, 0.25) is 0 Å². The van der Waals surface area contributed by atoms with E-state index in [0.29, 0.717) is 17.1 Å². The zero-order chi connectivity index (χ0) is 19.8. The number of carbonyl (C=O) groups excluding carboxylic acids is 2. The number of ether oxygens (including phenoxy) is 2. The molecule has 1 atom stereocenters. The zero-order valence-corrected chi connectivity index (χ0v) is 15.7. The van der Waals surface area contributed by atoms with Crippen LogP contribution in [0.15, 0.2) is 54.1 Å². The number of ketones is 1. The average Bonchev–Trinajstić information content (AvgIpc) is 3.54. The van der Waals surface area contributed by atoms with E-state index in [1.807, 2.05) is 12.1 Å². The number of rotatable bonds is 5. The molecule has 1 amide bonds. The third-order valence-electron chi connectivity index (χ3n) is 5.22. The number of likely N-dealkylation sites (tertiary alicyclic amines) is 1. The first-order chi connectivity index (χ1) is 13.5. The molecule has 1 aliphatic carbocycles. The van der Waals surface area contributed by atoms with E-state index in [9.17, 15) is 14.7 Å². The van der Waals surface area contributed by atoms with Crippen molar-refractivity contribution in [2.75, 3.05) is 14.2 Å². The Morgan fingerprint density at radius 2 is 1.46 bits per heavy atom. The third-order valence-corrected chi connectivity index (χ3v) is 5.22. The minimum atomic E-state index is -0.652. The van der Waals surface area contributed by atoms with Gasteiger partial charge in [0.05, 0.1) is 25.8 Å². The predicted octanol–water partition coefficient (Wildman–Crippen LogP) is 3.29. The van der Waals surface area contributed by atoms with Crippen molar-refractivity contribution in [2.24, 2.45) is 0 Å². The first kappa shape index (κ1) is 18.1. The van der Waals surface area contributed by atoms with Crippen molar-refractivity contribution in [2.45, 2.75) is 24.9 Å². The smallest absolute Gasteiger partial charge is 0.295 e. The molecule has 0 unspecified atom stereocenters. The number of hydrogen-bond donors (Lipinski definition) is 1. The quantitative estimate of drug-likeness (QED) is 0.490. The average molecular weight is 379 g/mol. The summed E-state index contributed by atoms with van der Waals surface area (Å²) >= 11 is 0. The van der Waals surface area contributed by atoms with Gasteiger partial charge in [-0.25, -0.2) is 0 Å². The predicted molar refractivity (Wildman–Crippen MR) is 103 cm³/mol. The SMILES string of the molecule is COc1ccc(C(O)=C2C(=O)C(=O)N(C3CC3)[C@@H]2c2ccc(OC)cc2)cc1. The van der Waals surface area contributed by atoms with Crippen LogP contribution in [0.25, 0.3) is 5.76 Å². The van der Waals surface area contributed by atoms with E-state index in [-0.39, 0.29) is 17.4 Å². The summed E-state index contributed by atoms with van der Waals surface area (Å²) in [5.74, 6) is -0.0617. The van der Waals surface area contributed by atoms with Gasteiger partial charge in [0.1, 0.15) is 17.3 Å². The van der Waals surface area contributed by atoms with Crippen molar-refractivity contribution >= 4 is 17.4 Å². The van der Waals surface area contributed by atoms with Crippen LogP contribution in [0, 0.1) is 0 Å². The second kappa shape index (κ2) is 7.03. The molecule has 6 heteroatoms. The maximum Gasteiger partial charge on any atom is 0.295 e. The summed E-state index contributed by atoms with van der Waals surface area (Å²) in [5, 5.41) is 10.9. The summed E-state index contributed by atoms with van der Waals surface area (Å²) in [7, 11) is 3.13. The highest BCUT2D eigenvalue weighted by Crippen LogP contribution is 2.45. The van der Waals surface area contributed by atoms with Crippen LogP contribution in [0.1, 0.15) is 30.0 Å². The molecule has 1 N–H and O–H groups in total. The summed E-state index contributed by atoms with van der Waals surface area (Å²) in [6.07, 6.45) is 1.73.